The van der Waals surface area contributed by atoms with Gasteiger partial charge in [0.05, 0.1) is 36.1 Å². The van der Waals surface area contributed by atoms with E-state index in [2.05, 4.69) is 10.6 Å². The number of nitrogens with one attached hydrogen (secondary N) is 2. The van der Waals surface area contributed by atoms with Crippen LogP contribution in [0.25, 0.3) is 5.70 Å². The van der Waals surface area contributed by atoms with E-state index >= 15 is 0 Å². The van der Waals surface area contributed by atoms with Gasteiger partial charge in [-0.2, -0.15) is 0 Å². The first-order chi connectivity index (χ1) is 13.5. The molecule has 7 nitrogen and oxygen atoms in total. The molecule has 28 heavy (non-hydrogen) atoms. The van der Waals surface area contributed by atoms with Crippen molar-refractivity contribution in [3.05, 3.63) is 64.2 Å². The number of aromatic hydroxyl groups is 1. The quantitative estimate of drug-likeness (QED) is 0.666. The van der Waals surface area contributed by atoms with E-state index in [0.29, 0.717) is 16.8 Å². The number of amides is 2. The molecule has 2 amide bonds. The van der Waals surface area contributed by atoms with Crippen molar-refractivity contribution in [3.8, 4) is 11.5 Å². The van der Waals surface area contributed by atoms with Crippen LogP contribution in [0.2, 0.25) is 5.02 Å². The van der Waals surface area contributed by atoms with Gasteiger partial charge in [0.1, 0.15) is 0 Å². The molecule has 3 rings (SSSR count). The molecule has 0 saturated heterocycles. The molecule has 0 bridgehead atoms. The van der Waals surface area contributed by atoms with Crippen LogP contribution in [0.3, 0.4) is 0 Å². The minimum Gasteiger partial charge on any atom is -0.504 e. The van der Waals surface area contributed by atoms with E-state index in [1.165, 1.54) is 19.2 Å². The SMILES string of the molecule is CCOC(=O)C1=C(c2ccccc2)NC(=O)N[C@H]1c1cc(OC)c(O)cc1Cl. The first kappa shape index (κ1) is 19.6. The van der Waals surface area contributed by atoms with Gasteiger partial charge in [-0.15, -0.1) is 0 Å². The molecule has 0 saturated carbocycles. The largest absolute Gasteiger partial charge is 0.504 e. The second-order valence-corrected chi connectivity index (χ2v) is 6.36. The maximum Gasteiger partial charge on any atom is 0.338 e. The van der Waals surface area contributed by atoms with Crippen LogP contribution in [0.5, 0.6) is 11.5 Å². The number of carbonyl (C=O) groups is 2. The molecule has 0 radical (unpaired) electrons. The summed E-state index contributed by atoms with van der Waals surface area (Å²) in [5, 5.41) is 15.5. The first-order valence-electron chi connectivity index (χ1n) is 8.56. The Bertz CT molecular complexity index is 943. The summed E-state index contributed by atoms with van der Waals surface area (Å²) in [5.41, 5.74) is 1.56. The van der Waals surface area contributed by atoms with E-state index in [9.17, 15) is 14.7 Å². The van der Waals surface area contributed by atoms with Crippen LogP contribution in [0.4, 0.5) is 4.79 Å². The number of hydrogen-bond donors (Lipinski definition) is 3. The van der Waals surface area contributed by atoms with Gasteiger partial charge in [-0.25, -0.2) is 9.59 Å². The first-order valence-corrected chi connectivity index (χ1v) is 8.94. The van der Waals surface area contributed by atoms with Gasteiger partial charge < -0.3 is 25.2 Å². The number of phenols is 1. The third-order valence-corrected chi connectivity index (χ3v) is 4.57. The highest BCUT2D eigenvalue weighted by molar-refractivity contribution is 6.31. The number of rotatable bonds is 5. The Kier molecular flexibility index (Phi) is 5.75. The predicted molar refractivity (Wildman–Crippen MR) is 104 cm³/mol. The van der Waals surface area contributed by atoms with Crippen molar-refractivity contribution >= 4 is 29.3 Å². The lowest BCUT2D eigenvalue weighted by atomic mass is 9.92. The van der Waals surface area contributed by atoms with Crippen molar-refractivity contribution in [1.82, 2.24) is 10.6 Å². The van der Waals surface area contributed by atoms with Gasteiger partial charge >= 0.3 is 12.0 Å². The molecule has 2 aromatic rings. The predicted octanol–water partition coefficient (Wildman–Crippen LogP) is 3.38. The Balaban J connectivity index is 2.23. The molecule has 2 aromatic carbocycles. The summed E-state index contributed by atoms with van der Waals surface area (Å²) in [5.74, 6) is -0.583. The monoisotopic (exact) mass is 402 g/mol. The van der Waals surface area contributed by atoms with Crippen molar-refractivity contribution in [2.24, 2.45) is 0 Å². The van der Waals surface area contributed by atoms with Crippen LogP contribution in [0.1, 0.15) is 24.1 Å². The molecule has 0 aliphatic carbocycles. The lowest BCUT2D eigenvalue weighted by Gasteiger charge is -2.30. The van der Waals surface area contributed by atoms with Crippen LogP contribution < -0.4 is 15.4 Å². The third-order valence-electron chi connectivity index (χ3n) is 4.24. The number of halogens is 1. The van der Waals surface area contributed by atoms with Crippen molar-refractivity contribution in [1.29, 1.82) is 0 Å². The smallest absolute Gasteiger partial charge is 0.338 e. The average molecular weight is 403 g/mol. The maximum absolute atomic E-state index is 12.8. The van der Waals surface area contributed by atoms with Gasteiger partial charge in [0.25, 0.3) is 0 Å². The molecule has 1 aliphatic rings. The number of esters is 1. The highest BCUT2D eigenvalue weighted by atomic mass is 35.5. The molecule has 1 atom stereocenters. The summed E-state index contributed by atoms with van der Waals surface area (Å²) in [6, 6.07) is 10.4. The molecule has 8 heteroatoms. The molecule has 1 aliphatic heterocycles. The van der Waals surface area contributed by atoms with Crippen LogP contribution in [0, 0.1) is 0 Å². The summed E-state index contributed by atoms with van der Waals surface area (Å²) in [4.78, 5) is 25.2. The van der Waals surface area contributed by atoms with Gasteiger partial charge in [0.15, 0.2) is 11.5 Å². The Hall–Kier alpha value is -3.19. The summed E-state index contributed by atoms with van der Waals surface area (Å²) in [7, 11) is 1.39. The molecule has 0 aromatic heterocycles. The number of urea groups is 1. The molecule has 0 spiro atoms. The van der Waals surface area contributed by atoms with Gasteiger partial charge in [-0.1, -0.05) is 41.9 Å². The van der Waals surface area contributed by atoms with Crippen LogP contribution in [-0.2, 0) is 9.53 Å². The van der Waals surface area contributed by atoms with E-state index in [1.54, 1.807) is 31.2 Å². The van der Waals surface area contributed by atoms with Gasteiger partial charge in [0.2, 0.25) is 0 Å². The zero-order valence-electron chi connectivity index (χ0n) is 15.3. The van der Waals surface area contributed by atoms with Crippen molar-refractivity contribution < 1.29 is 24.2 Å². The second kappa shape index (κ2) is 8.22. The van der Waals surface area contributed by atoms with Crippen LogP contribution in [-0.4, -0.2) is 30.8 Å². The van der Waals surface area contributed by atoms with Gasteiger partial charge in [-0.05, 0) is 18.6 Å². The topological polar surface area (TPSA) is 96.9 Å². The van der Waals surface area contributed by atoms with Crippen molar-refractivity contribution in [2.45, 2.75) is 13.0 Å². The second-order valence-electron chi connectivity index (χ2n) is 5.95. The molecule has 0 fully saturated rings. The highest BCUT2D eigenvalue weighted by Crippen LogP contribution is 2.40. The molecule has 3 N–H and O–H groups in total. The molecule has 1 heterocycles. The zero-order valence-corrected chi connectivity index (χ0v) is 16.0. The van der Waals surface area contributed by atoms with E-state index in [0.717, 1.165) is 0 Å². The van der Waals surface area contributed by atoms with Crippen molar-refractivity contribution in [2.75, 3.05) is 13.7 Å². The third kappa shape index (κ3) is 3.75. The van der Waals surface area contributed by atoms with E-state index in [-0.39, 0.29) is 28.7 Å². The lowest BCUT2D eigenvalue weighted by molar-refractivity contribution is -0.138. The summed E-state index contributed by atoms with van der Waals surface area (Å²) < 4.78 is 10.4. The summed E-state index contributed by atoms with van der Waals surface area (Å²) in [6.07, 6.45) is 0. The number of carbonyl (C=O) groups excluding carboxylic acids is 2. The number of methoxy groups -OCH3 is 1. The number of phenolic OH excluding ortho intramolecular Hbond substituents is 1. The van der Waals surface area contributed by atoms with Crippen molar-refractivity contribution in [3.63, 3.8) is 0 Å². The van der Waals surface area contributed by atoms with Crippen LogP contribution in [0.15, 0.2) is 48.0 Å². The highest BCUT2D eigenvalue weighted by Gasteiger charge is 2.35. The number of ether oxygens (including phenoxy) is 2. The fourth-order valence-corrected chi connectivity index (χ4v) is 3.27. The Morgan fingerprint density at radius 2 is 1.96 bits per heavy atom. The van der Waals surface area contributed by atoms with Gasteiger partial charge in [0, 0.05) is 11.6 Å². The zero-order chi connectivity index (χ0) is 20.3. The van der Waals surface area contributed by atoms with E-state index < -0.39 is 18.0 Å². The standard InChI is InChI=1S/C20H19ClN2O5/c1-3-28-19(25)16-17(11-7-5-4-6-8-11)22-20(26)23-18(16)12-9-15(27-2)14(24)10-13(12)21/h4-10,18,24H,3H2,1-2H3,(H2,22,23,26)/t18-/m0/s1. The molecule has 0 unspecified atom stereocenters. The van der Waals surface area contributed by atoms with E-state index in [4.69, 9.17) is 21.1 Å². The molecular formula is C20H19ClN2O5. The Labute approximate surface area is 166 Å². The number of benzene rings is 2. The normalized spacial score (nSPS) is 16.2. The van der Waals surface area contributed by atoms with E-state index in [1.807, 2.05) is 6.07 Å². The van der Waals surface area contributed by atoms with Crippen LogP contribution >= 0.6 is 11.6 Å². The lowest BCUT2D eigenvalue weighted by Crippen LogP contribution is -2.45. The Morgan fingerprint density at radius 1 is 1.25 bits per heavy atom. The fourth-order valence-electron chi connectivity index (χ4n) is 3.00. The molecule has 146 valence electrons. The summed E-state index contributed by atoms with van der Waals surface area (Å²) in [6.45, 7) is 1.86. The van der Waals surface area contributed by atoms with Gasteiger partial charge in [-0.3, -0.25) is 0 Å². The maximum atomic E-state index is 12.8. The minimum atomic E-state index is -0.898. The Morgan fingerprint density at radius 3 is 2.61 bits per heavy atom. The fraction of sp³-hybridized carbons (Fsp3) is 0.200. The average Bonchev–Trinajstić information content (AvgIpc) is 2.68. The molecular weight excluding hydrogens is 384 g/mol. The minimum absolute atomic E-state index is 0.151. The summed E-state index contributed by atoms with van der Waals surface area (Å²) >= 11 is 6.32. The number of hydrogen-bond acceptors (Lipinski definition) is 5.